The highest BCUT2D eigenvalue weighted by atomic mass is 16.5. The van der Waals surface area contributed by atoms with Crippen LogP contribution in [0.1, 0.15) is 180 Å². The third-order valence-corrected chi connectivity index (χ3v) is 21.3. The Morgan fingerprint density at radius 3 is 1.74 bits per heavy atom. The van der Waals surface area contributed by atoms with Gasteiger partial charge in [0.2, 0.25) is 70.9 Å². The van der Waals surface area contributed by atoms with E-state index in [4.69, 9.17) is 32.4 Å². The summed E-state index contributed by atoms with van der Waals surface area (Å²) in [6.07, 6.45) is -12.9. The number of carboxylic acids is 2. The lowest BCUT2D eigenvalue weighted by Gasteiger charge is -2.39. The maximum absolute atomic E-state index is 15.5. The normalized spacial score (nSPS) is 24.5. The van der Waals surface area contributed by atoms with Crippen LogP contribution in [0.15, 0.2) is 0 Å². The zero-order valence-corrected chi connectivity index (χ0v) is 67.9. The highest BCUT2D eigenvalue weighted by Crippen LogP contribution is 2.29. The second kappa shape index (κ2) is 48.5. The van der Waals surface area contributed by atoms with Crippen molar-refractivity contribution in [2.75, 3.05) is 40.4 Å². The van der Waals surface area contributed by atoms with Gasteiger partial charge in [0, 0.05) is 39.5 Å². The van der Waals surface area contributed by atoms with E-state index in [0.717, 1.165) is 30.4 Å². The van der Waals surface area contributed by atoms with E-state index in [0.29, 0.717) is 0 Å². The van der Waals surface area contributed by atoms with E-state index in [-0.39, 0.29) is 88.8 Å². The fourth-order valence-electron chi connectivity index (χ4n) is 13.4. The number of likely N-dealkylation sites (N-methyl/N-ethyl adjacent to an activating group) is 1. The molecule has 113 heavy (non-hydrogen) atoms. The Bertz CT molecular complexity index is 3240. The quantitative estimate of drug-likeness (QED) is 0.0259. The highest BCUT2D eigenvalue weighted by molar-refractivity contribution is 6.00. The number of rotatable bonds is 39. The van der Waals surface area contributed by atoms with Gasteiger partial charge in [0.1, 0.15) is 72.6 Å². The van der Waals surface area contributed by atoms with Crippen LogP contribution in [0.4, 0.5) is 0 Å². The molecule has 22 atom stereocenters. The van der Waals surface area contributed by atoms with E-state index in [9.17, 15) is 88.2 Å². The van der Waals surface area contributed by atoms with Crippen molar-refractivity contribution >= 4 is 94.7 Å². The van der Waals surface area contributed by atoms with Gasteiger partial charge >= 0.3 is 17.9 Å². The molecule has 0 bridgehead atoms. The molecule has 2 fully saturated rings. The Morgan fingerprint density at radius 1 is 0.611 bits per heavy atom. The lowest BCUT2D eigenvalue weighted by atomic mass is 9.80. The third kappa shape index (κ3) is 31.2. The Hall–Kier alpha value is -8.76. The smallest absolute Gasteiger partial charge is 0.329 e. The number of primary amides is 2. The van der Waals surface area contributed by atoms with E-state index in [1.54, 1.807) is 34.6 Å². The predicted molar refractivity (Wildman–Crippen MR) is 407 cm³/mol. The molecule has 0 aliphatic carbocycles. The summed E-state index contributed by atoms with van der Waals surface area (Å²) in [5, 5.41) is 88.1. The maximum atomic E-state index is 15.5. The average molecular weight is 1610 g/mol. The van der Waals surface area contributed by atoms with E-state index < -0.39 is 266 Å². The van der Waals surface area contributed by atoms with Gasteiger partial charge in [0.25, 0.3) is 5.91 Å². The molecule has 39 heteroatoms. The van der Waals surface area contributed by atoms with Crippen molar-refractivity contribution in [2.24, 2.45) is 76.2 Å². The van der Waals surface area contributed by atoms with E-state index in [1.165, 1.54) is 34.6 Å². The molecule has 2 aliphatic rings. The molecular weight excluding hydrogens is 1480 g/mol. The Morgan fingerprint density at radius 2 is 1.20 bits per heavy atom. The van der Waals surface area contributed by atoms with Crippen LogP contribution in [-0.2, 0) is 86.2 Å². The molecule has 0 aromatic heterocycles. The fraction of sp³-hybridized carbons (Fsp3) is 0.784. The van der Waals surface area contributed by atoms with Gasteiger partial charge in [-0.25, -0.2) is 4.79 Å². The van der Waals surface area contributed by atoms with Gasteiger partial charge in [-0.1, -0.05) is 83.1 Å². The summed E-state index contributed by atoms with van der Waals surface area (Å²) in [4.78, 5) is 229. The van der Waals surface area contributed by atoms with Crippen LogP contribution in [0, 0.1) is 53.3 Å². The summed E-state index contributed by atoms with van der Waals surface area (Å²) in [6.45, 7) is 19.3. The number of fused-ring (bicyclic) bond motifs is 1. The van der Waals surface area contributed by atoms with Gasteiger partial charge in [-0.05, 0) is 132 Å². The molecule has 23 N–H and O–H groups in total. The molecule has 0 radical (unpaired) electrons. The topological polar surface area (TPSA) is 632 Å². The molecule has 39 nitrogen and oxygen atoms in total. The van der Waals surface area contributed by atoms with Crippen LogP contribution in [0.5, 0.6) is 0 Å². The number of ether oxygens (including phenoxy) is 2. The number of hydrogen-bond donors (Lipinski definition) is 19. The lowest BCUT2D eigenvalue weighted by molar-refractivity contribution is -0.168. The van der Waals surface area contributed by atoms with Crippen molar-refractivity contribution < 1.29 is 117 Å². The monoisotopic (exact) mass is 1610 g/mol. The van der Waals surface area contributed by atoms with Crippen LogP contribution >= 0.6 is 0 Å². The first-order valence-corrected chi connectivity index (χ1v) is 38.8. The SMILES string of the molecule is COC(C)C1NC(=O)C(CCC(N)=O)N(C)C(=O)C(CC(C)C)NC(=O)C(CCCN)NC(=O)C(CO)NC(=O)C(NC(=O)C(NC(=O)C(O)C(O)C(CCC(=O)O)NC(=O)C(CCCN)NC(=O)C(C)C(O)C(C)C(C)CC(C)C)C(C)C(C)C(N)=O)C(C(C)C(C)C)OC(=O)C2CCCCN2C(=O)C(CC(=O)O)NC1=O. The number of carboxylic acid groups (broad SMARTS) is 2. The van der Waals surface area contributed by atoms with Crippen LogP contribution < -0.4 is 70.8 Å². The number of piperidine rings is 1. The minimum atomic E-state index is -2.73. The third-order valence-electron chi connectivity index (χ3n) is 21.3. The van der Waals surface area contributed by atoms with Crippen molar-refractivity contribution in [3.63, 3.8) is 0 Å². The number of carbonyl (C=O) groups is 16. The molecule has 22 unspecified atom stereocenters. The Kier molecular flexibility index (Phi) is 43.0. The number of nitrogens with zero attached hydrogens (tertiary/aromatic N) is 2. The number of methoxy groups -OCH3 is 1. The van der Waals surface area contributed by atoms with Crippen LogP contribution in [0.25, 0.3) is 0 Å². The molecule has 2 saturated heterocycles. The number of hydrogen-bond acceptors (Lipinski definition) is 24. The molecule has 0 spiro atoms. The van der Waals surface area contributed by atoms with E-state index in [1.807, 2.05) is 20.8 Å². The first kappa shape index (κ1) is 100. The largest absolute Gasteiger partial charge is 0.481 e. The molecule has 0 aromatic rings. The number of aliphatic hydroxyl groups is 4. The number of aliphatic hydroxyl groups excluding tert-OH is 4. The molecule has 2 rings (SSSR count). The zero-order chi connectivity index (χ0) is 86.3. The molecular formula is C74H129N15O24. The van der Waals surface area contributed by atoms with Crippen molar-refractivity contribution in [3.8, 4) is 0 Å². The second-order valence-electron chi connectivity index (χ2n) is 31.3. The van der Waals surface area contributed by atoms with Crippen molar-refractivity contribution in [3.05, 3.63) is 0 Å². The number of esters is 1. The first-order chi connectivity index (χ1) is 52.7. The number of aliphatic carboxylic acids is 2. The standard InChI is InChI=1S/C74H129N15O24/c1-34(2)30-37(7)39(9)58(96)42(12)63(100)80-45(20-18-27-75)64(101)79-44(23-26-53(92)93)59(97)60(98)71(108)85-55(40(10)41(11)62(78)99)68(105)87-57-61(38(8)36(5)6)113-74(111)51-22-16-17-29-89(51)73(110)48(32-54(94)95)83-69(106)56(43(13)112-15)86-67(104)50(24-25-52(77)91)88(14)72(109)47(31-35(3)4)82-65(102)46(21-19-28-76)81-66(103)49(33-90)84-70(57)107/h34-51,55-61,90,96-98H,16-33,75-76H2,1-15H3,(H2,77,91)(H2,78,99)(H,79,101)(H,80,100)(H,81,103)(H,82,102)(H,83,106)(H,84,107)(H,85,108)(H,86,104)(H,87,105)(H,92,93)(H,94,95). The lowest BCUT2D eigenvalue weighted by Crippen LogP contribution is -2.65. The number of nitrogens with one attached hydrogen (secondary N) is 9. The average Bonchev–Trinajstić information content (AvgIpc) is 0.889. The fourth-order valence-corrected chi connectivity index (χ4v) is 13.4. The van der Waals surface area contributed by atoms with Crippen molar-refractivity contribution in [1.29, 1.82) is 0 Å². The summed E-state index contributed by atoms with van der Waals surface area (Å²) in [6, 6.07) is -20.3. The first-order valence-electron chi connectivity index (χ1n) is 38.8. The number of nitrogens with two attached hydrogens (primary N) is 4. The van der Waals surface area contributed by atoms with Gasteiger partial charge in [-0.3, -0.25) is 71.9 Å². The predicted octanol–water partition coefficient (Wildman–Crippen LogP) is -4.27. The van der Waals surface area contributed by atoms with E-state index in [2.05, 4.69) is 47.9 Å². The summed E-state index contributed by atoms with van der Waals surface area (Å²) < 4.78 is 11.7. The number of amides is 13. The zero-order valence-electron chi connectivity index (χ0n) is 67.9. The highest BCUT2D eigenvalue weighted by Gasteiger charge is 2.48. The molecule has 644 valence electrons. The molecule has 13 amide bonds. The van der Waals surface area contributed by atoms with Crippen molar-refractivity contribution in [1.82, 2.24) is 57.7 Å². The Balaban J connectivity index is 3.12. The second-order valence-corrected chi connectivity index (χ2v) is 31.3. The summed E-state index contributed by atoms with van der Waals surface area (Å²) in [7, 11) is 2.31. The summed E-state index contributed by atoms with van der Waals surface area (Å²) >= 11 is 0. The molecule has 2 heterocycles. The van der Waals surface area contributed by atoms with Gasteiger partial charge in [-0.15, -0.1) is 0 Å². The maximum Gasteiger partial charge on any atom is 0.329 e. The van der Waals surface area contributed by atoms with E-state index >= 15 is 19.2 Å². The van der Waals surface area contributed by atoms with Crippen LogP contribution in [-0.4, -0.2) is 273 Å². The summed E-state index contributed by atoms with van der Waals surface area (Å²) in [5.74, 6) is -25.9. The minimum absolute atomic E-state index is 0.0117. The minimum Gasteiger partial charge on any atom is -0.481 e. The number of cyclic esters (lactones) is 1. The molecule has 0 aromatic carbocycles. The van der Waals surface area contributed by atoms with Crippen molar-refractivity contribution in [2.45, 2.75) is 277 Å². The van der Waals surface area contributed by atoms with Crippen LogP contribution in [0.3, 0.4) is 0 Å². The number of carbonyl (C=O) groups excluding carboxylic acids is 14. The van der Waals surface area contributed by atoms with Crippen LogP contribution in [0.2, 0.25) is 0 Å². The Labute approximate surface area is 660 Å². The van der Waals surface area contributed by atoms with Gasteiger partial charge < -0.3 is 121 Å². The van der Waals surface area contributed by atoms with Gasteiger partial charge in [-0.2, -0.15) is 0 Å². The van der Waals surface area contributed by atoms with Gasteiger partial charge in [0.15, 0.2) is 6.10 Å². The van der Waals surface area contributed by atoms with Gasteiger partial charge in [0.05, 0.1) is 37.2 Å². The molecule has 2 aliphatic heterocycles. The summed E-state index contributed by atoms with van der Waals surface area (Å²) in [5.41, 5.74) is 23.0. The molecule has 0 saturated carbocycles.